The van der Waals surface area contributed by atoms with Gasteiger partial charge in [0.1, 0.15) is 0 Å². The second-order valence-electron chi connectivity index (χ2n) is 10.5. The van der Waals surface area contributed by atoms with E-state index in [1.807, 2.05) is 29.2 Å². The molecule has 3 aromatic rings. The van der Waals surface area contributed by atoms with E-state index in [0.717, 1.165) is 57.7 Å². The van der Waals surface area contributed by atoms with Crippen LogP contribution < -0.4 is 20.4 Å². The number of hydrogen-bond acceptors (Lipinski definition) is 9. The molecule has 0 unspecified atom stereocenters. The number of anilines is 4. The van der Waals surface area contributed by atoms with Gasteiger partial charge in [-0.25, -0.2) is 4.79 Å². The quantitative estimate of drug-likeness (QED) is 0.457. The molecule has 220 valence electrons. The van der Waals surface area contributed by atoms with E-state index in [-0.39, 0.29) is 11.9 Å². The Hall–Kier alpha value is -4.29. The highest BCUT2D eigenvalue weighted by molar-refractivity contribution is 6.00. The van der Waals surface area contributed by atoms with Crippen molar-refractivity contribution in [1.29, 1.82) is 0 Å². The molecule has 0 aliphatic carbocycles. The molecule has 2 N–H and O–H groups in total. The van der Waals surface area contributed by atoms with Gasteiger partial charge in [-0.1, -0.05) is 0 Å². The first kappa shape index (κ1) is 27.9. The van der Waals surface area contributed by atoms with E-state index in [9.17, 15) is 9.59 Å². The van der Waals surface area contributed by atoms with Crippen molar-refractivity contribution in [2.24, 2.45) is 0 Å². The van der Waals surface area contributed by atoms with Crippen molar-refractivity contribution >= 4 is 35.2 Å². The second-order valence-corrected chi connectivity index (χ2v) is 10.5. The highest BCUT2D eigenvalue weighted by Crippen LogP contribution is 2.24. The Balaban J connectivity index is 1.11. The first-order chi connectivity index (χ1) is 20.6. The summed E-state index contributed by atoms with van der Waals surface area (Å²) in [6.45, 7) is 7.05. The maximum absolute atomic E-state index is 12.7. The SMILES string of the molecule is O=C(Nc1ccc(C(=O)N2CCCCC2)cc1)Nc1ccc(-c2nc(N3CCOCC3)nc(N3CCOCC3)n2)cc1. The number of likely N-dealkylation sites (tertiary alicyclic amines) is 1. The molecule has 42 heavy (non-hydrogen) atoms. The zero-order chi connectivity index (χ0) is 28.7. The summed E-state index contributed by atoms with van der Waals surface area (Å²) < 4.78 is 11.0. The van der Waals surface area contributed by atoms with Crippen molar-refractivity contribution in [3.8, 4) is 11.4 Å². The number of urea groups is 1. The number of benzene rings is 2. The number of carbonyl (C=O) groups is 2. The topological polar surface area (TPSA) is 125 Å². The molecule has 12 heteroatoms. The molecule has 2 aromatic carbocycles. The summed E-state index contributed by atoms with van der Waals surface area (Å²) in [7, 11) is 0. The van der Waals surface area contributed by atoms with E-state index < -0.39 is 0 Å². The van der Waals surface area contributed by atoms with Gasteiger partial charge in [-0.15, -0.1) is 0 Å². The van der Waals surface area contributed by atoms with Crippen LogP contribution in [0.1, 0.15) is 29.6 Å². The molecule has 4 heterocycles. The van der Waals surface area contributed by atoms with Crippen LogP contribution in [0.5, 0.6) is 0 Å². The number of nitrogens with zero attached hydrogens (tertiary/aromatic N) is 6. The molecule has 3 aliphatic heterocycles. The maximum Gasteiger partial charge on any atom is 0.323 e. The van der Waals surface area contributed by atoms with Gasteiger partial charge in [0.2, 0.25) is 11.9 Å². The van der Waals surface area contributed by atoms with Crippen LogP contribution in [0.25, 0.3) is 11.4 Å². The van der Waals surface area contributed by atoms with Gasteiger partial charge in [0, 0.05) is 61.8 Å². The standard InChI is InChI=1S/C30H36N8O4/c39-27(36-12-2-1-3-13-36)23-6-10-25(11-7-23)32-30(40)31-24-8-4-22(5-9-24)26-33-28(37-14-18-41-19-15-37)35-29(34-26)38-16-20-42-21-17-38/h4-11H,1-3,12-21H2,(H2,31,32,40). The van der Waals surface area contributed by atoms with Crippen molar-refractivity contribution in [2.45, 2.75) is 19.3 Å². The maximum atomic E-state index is 12.7. The fourth-order valence-corrected chi connectivity index (χ4v) is 5.26. The number of aromatic nitrogens is 3. The largest absolute Gasteiger partial charge is 0.378 e. The molecule has 0 radical (unpaired) electrons. The van der Waals surface area contributed by atoms with Gasteiger partial charge in [0.05, 0.1) is 26.4 Å². The zero-order valence-corrected chi connectivity index (χ0v) is 23.6. The summed E-state index contributed by atoms with van der Waals surface area (Å²) in [5, 5.41) is 5.69. The number of carbonyl (C=O) groups excluding carboxylic acids is 2. The Morgan fingerprint density at radius 2 is 1.12 bits per heavy atom. The number of piperidine rings is 1. The summed E-state index contributed by atoms with van der Waals surface area (Å²) in [6.07, 6.45) is 3.27. The highest BCUT2D eigenvalue weighted by Gasteiger charge is 2.22. The molecule has 0 bridgehead atoms. The Kier molecular flexibility index (Phi) is 8.71. The van der Waals surface area contributed by atoms with Gasteiger partial charge in [-0.05, 0) is 67.8 Å². The van der Waals surface area contributed by atoms with Crippen LogP contribution in [-0.2, 0) is 9.47 Å². The third-order valence-electron chi connectivity index (χ3n) is 7.63. The minimum atomic E-state index is -0.373. The molecule has 1 aromatic heterocycles. The third kappa shape index (κ3) is 6.77. The van der Waals surface area contributed by atoms with Crippen molar-refractivity contribution in [3.05, 3.63) is 54.1 Å². The first-order valence-corrected chi connectivity index (χ1v) is 14.6. The predicted octanol–water partition coefficient (Wildman–Crippen LogP) is 3.48. The molecular formula is C30H36N8O4. The Morgan fingerprint density at radius 3 is 1.64 bits per heavy atom. The number of morpholine rings is 2. The van der Waals surface area contributed by atoms with Crippen molar-refractivity contribution in [3.63, 3.8) is 0 Å². The Bertz CT molecular complexity index is 1330. The van der Waals surface area contributed by atoms with Crippen molar-refractivity contribution in [2.75, 3.05) is 86.1 Å². The van der Waals surface area contributed by atoms with Gasteiger partial charge in [0.25, 0.3) is 5.91 Å². The van der Waals surface area contributed by atoms with E-state index in [1.54, 1.807) is 24.3 Å². The van der Waals surface area contributed by atoms with Crippen LogP contribution in [0.3, 0.4) is 0 Å². The lowest BCUT2D eigenvalue weighted by atomic mass is 10.1. The fourth-order valence-electron chi connectivity index (χ4n) is 5.26. The van der Waals surface area contributed by atoms with Crippen LogP contribution in [0.2, 0.25) is 0 Å². The first-order valence-electron chi connectivity index (χ1n) is 14.6. The number of nitrogens with one attached hydrogen (secondary N) is 2. The monoisotopic (exact) mass is 572 g/mol. The molecule has 12 nitrogen and oxygen atoms in total. The summed E-state index contributed by atoms with van der Waals surface area (Å²) >= 11 is 0. The summed E-state index contributed by atoms with van der Waals surface area (Å²) in [5.41, 5.74) is 2.69. The zero-order valence-electron chi connectivity index (χ0n) is 23.6. The fraction of sp³-hybridized carbons (Fsp3) is 0.433. The summed E-state index contributed by atoms with van der Waals surface area (Å²) in [5.74, 6) is 1.88. The molecule has 3 fully saturated rings. The van der Waals surface area contributed by atoms with Crippen LogP contribution in [0, 0.1) is 0 Å². The van der Waals surface area contributed by atoms with Crippen molar-refractivity contribution < 1.29 is 19.1 Å². The lowest BCUT2D eigenvalue weighted by Crippen LogP contribution is -2.40. The van der Waals surface area contributed by atoms with Gasteiger partial charge >= 0.3 is 6.03 Å². The van der Waals surface area contributed by atoms with Crippen LogP contribution in [-0.4, -0.2) is 97.5 Å². The van der Waals surface area contributed by atoms with E-state index in [1.165, 1.54) is 6.42 Å². The van der Waals surface area contributed by atoms with Crippen molar-refractivity contribution in [1.82, 2.24) is 19.9 Å². The average molecular weight is 573 g/mol. The minimum absolute atomic E-state index is 0.0399. The van der Waals surface area contributed by atoms with E-state index in [2.05, 4.69) is 20.4 Å². The van der Waals surface area contributed by atoms with Crippen LogP contribution >= 0.6 is 0 Å². The molecule has 3 aliphatic rings. The second kappa shape index (κ2) is 13.1. The lowest BCUT2D eigenvalue weighted by molar-refractivity contribution is 0.0724. The van der Waals surface area contributed by atoms with Gasteiger partial charge in [-0.3, -0.25) is 4.79 Å². The average Bonchev–Trinajstić information content (AvgIpc) is 3.06. The highest BCUT2D eigenvalue weighted by atomic mass is 16.5. The molecule has 3 saturated heterocycles. The normalized spacial score (nSPS) is 17.6. The molecule has 3 amide bonds. The summed E-state index contributed by atoms with van der Waals surface area (Å²) in [4.78, 5) is 45.9. The lowest BCUT2D eigenvalue weighted by Gasteiger charge is -2.30. The third-order valence-corrected chi connectivity index (χ3v) is 7.63. The van der Waals surface area contributed by atoms with Gasteiger partial charge in [-0.2, -0.15) is 15.0 Å². The Morgan fingerprint density at radius 1 is 0.619 bits per heavy atom. The predicted molar refractivity (Wildman–Crippen MR) is 160 cm³/mol. The summed E-state index contributed by atoms with van der Waals surface area (Å²) in [6, 6.07) is 14.1. The van der Waals surface area contributed by atoms with Crippen LogP contribution in [0.4, 0.5) is 28.1 Å². The molecule has 6 rings (SSSR count). The van der Waals surface area contributed by atoms with E-state index in [0.29, 0.717) is 61.1 Å². The molecule has 0 spiro atoms. The number of amides is 3. The number of hydrogen-bond donors (Lipinski definition) is 2. The smallest absolute Gasteiger partial charge is 0.323 e. The van der Waals surface area contributed by atoms with Crippen LogP contribution in [0.15, 0.2) is 48.5 Å². The molecule has 0 atom stereocenters. The number of ether oxygens (including phenoxy) is 2. The molecular weight excluding hydrogens is 536 g/mol. The number of rotatable bonds is 6. The molecule has 0 saturated carbocycles. The van der Waals surface area contributed by atoms with E-state index in [4.69, 9.17) is 24.4 Å². The van der Waals surface area contributed by atoms with E-state index >= 15 is 0 Å². The van der Waals surface area contributed by atoms with Gasteiger partial charge in [0.15, 0.2) is 5.82 Å². The minimum Gasteiger partial charge on any atom is -0.378 e. The Labute approximate surface area is 245 Å². The van der Waals surface area contributed by atoms with Gasteiger partial charge < -0.3 is 34.8 Å².